The van der Waals surface area contributed by atoms with Gasteiger partial charge in [-0.25, -0.2) is 4.98 Å². The summed E-state index contributed by atoms with van der Waals surface area (Å²) in [5.74, 6) is 0.242. The maximum Gasteiger partial charge on any atom is 0.293 e. The van der Waals surface area contributed by atoms with E-state index in [2.05, 4.69) is 21.6 Å². The lowest BCUT2D eigenvalue weighted by Crippen LogP contribution is -2.48. The normalized spacial score (nSPS) is 17.0. The van der Waals surface area contributed by atoms with Gasteiger partial charge in [0.15, 0.2) is 5.82 Å². The Bertz CT molecular complexity index is 1750. The lowest BCUT2D eigenvalue weighted by Gasteiger charge is -2.37. The number of benzene rings is 2. The predicted octanol–water partition coefficient (Wildman–Crippen LogP) is 4.81. The van der Waals surface area contributed by atoms with E-state index in [0.717, 1.165) is 46.5 Å². The zero-order chi connectivity index (χ0) is 31.0. The van der Waals surface area contributed by atoms with Crippen LogP contribution in [0.3, 0.4) is 0 Å². The number of nitrogens with one attached hydrogen (secondary N) is 2. The third-order valence-corrected chi connectivity index (χ3v) is 10.0. The molecule has 2 amide bonds. The Balaban J connectivity index is 1.19. The summed E-state index contributed by atoms with van der Waals surface area (Å²) in [6.45, 7) is 3.94. The zero-order valence-corrected chi connectivity index (χ0v) is 26.5. The van der Waals surface area contributed by atoms with E-state index in [4.69, 9.17) is 4.98 Å². The molecule has 3 heterocycles. The van der Waals surface area contributed by atoms with Gasteiger partial charge in [-0.1, -0.05) is 30.3 Å². The highest BCUT2D eigenvalue weighted by molar-refractivity contribution is 7.14. The molecule has 1 unspecified atom stereocenters. The number of hydrogen-bond donors (Lipinski definition) is 2. The second-order valence-electron chi connectivity index (χ2n) is 11.8. The Labute approximate surface area is 261 Å². The van der Waals surface area contributed by atoms with Gasteiger partial charge >= 0.3 is 0 Å². The second kappa shape index (κ2) is 12.4. The van der Waals surface area contributed by atoms with Crippen LogP contribution in [0.1, 0.15) is 55.7 Å². The predicted molar refractivity (Wildman–Crippen MR) is 175 cm³/mol. The first-order valence-corrected chi connectivity index (χ1v) is 15.9. The molecule has 1 aliphatic carbocycles. The number of likely N-dealkylation sites (N-methyl/N-ethyl adjacent to an activating group) is 2. The van der Waals surface area contributed by atoms with Gasteiger partial charge in [0, 0.05) is 56.1 Å². The Hall–Kier alpha value is -4.28. The van der Waals surface area contributed by atoms with Gasteiger partial charge in [-0.15, -0.1) is 11.3 Å². The van der Waals surface area contributed by atoms with Crippen molar-refractivity contribution in [1.29, 1.82) is 0 Å². The van der Waals surface area contributed by atoms with Crippen molar-refractivity contribution in [2.45, 2.75) is 45.2 Å². The van der Waals surface area contributed by atoms with Crippen LogP contribution in [0.4, 0.5) is 11.5 Å². The fourth-order valence-electron chi connectivity index (χ4n) is 6.06. The van der Waals surface area contributed by atoms with Crippen molar-refractivity contribution in [3.05, 3.63) is 97.1 Å². The van der Waals surface area contributed by atoms with Crippen LogP contribution in [0.15, 0.2) is 59.5 Å². The summed E-state index contributed by atoms with van der Waals surface area (Å²) in [6, 6.07) is 15.3. The molecular weight excluding hydrogens is 572 g/mol. The Kier molecular flexibility index (Phi) is 8.38. The average molecular weight is 611 g/mol. The van der Waals surface area contributed by atoms with E-state index in [0.29, 0.717) is 24.5 Å². The molecule has 0 radical (unpaired) electrons. The first-order valence-electron chi connectivity index (χ1n) is 15.1. The van der Waals surface area contributed by atoms with Gasteiger partial charge in [-0.3, -0.25) is 19.3 Å². The molecule has 10 heteroatoms. The average Bonchev–Trinajstić information content (AvgIpc) is 3.46. The van der Waals surface area contributed by atoms with Gasteiger partial charge in [0.05, 0.1) is 10.6 Å². The summed E-state index contributed by atoms with van der Waals surface area (Å²) in [6.07, 6.45) is 6.25. The second-order valence-corrected chi connectivity index (χ2v) is 13.0. The number of nitrogens with zero attached hydrogens (tertiary/aromatic N) is 4. The maximum atomic E-state index is 13.1. The molecule has 1 aliphatic heterocycles. The van der Waals surface area contributed by atoms with E-state index >= 15 is 0 Å². The number of rotatable bonds is 7. The van der Waals surface area contributed by atoms with E-state index in [9.17, 15) is 14.4 Å². The van der Waals surface area contributed by atoms with Crippen LogP contribution < -0.4 is 16.2 Å². The minimum Gasteiger partial charge on any atom is -0.347 e. The molecule has 2 aliphatic rings. The van der Waals surface area contributed by atoms with Crippen LogP contribution in [0.2, 0.25) is 0 Å². The fraction of sp³-hybridized carbons (Fsp3) is 0.353. The first-order chi connectivity index (χ1) is 21.2. The first kappa shape index (κ1) is 29.8. The fourth-order valence-corrected chi connectivity index (χ4v) is 7.23. The molecule has 2 N–H and O–H groups in total. The van der Waals surface area contributed by atoms with Gasteiger partial charge in [0.1, 0.15) is 6.04 Å². The molecule has 0 spiro atoms. The van der Waals surface area contributed by atoms with Gasteiger partial charge < -0.3 is 20.1 Å². The molecular formula is C34H38N6O3S. The monoisotopic (exact) mass is 610 g/mol. The van der Waals surface area contributed by atoms with E-state index < -0.39 is 0 Å². The van der Waals surface area contributed by atoms with Crippen molar-refractivity contribution in [2.75, 3.05) is 32.5 Å². The number of thiophene rings is 1. The molecule has 9 nitrogen and oxygen atoms in total. The summed E-state index contributed by atoms with van der Waals surface area (Å²) in [5, 5.41) is 6.29. The smallest absolute Gasteiger partial charge is 0.293 e. The maximum absolute atomic E-state index is 13.1. The molecule has 44 heavy (non-hydrogen) atoms. The van der Waals surface area contributed by atoms with Crippen LogP contribution >= 0.6 is 11.3 Å². The number of amides is 2. The highest BCUT2D eigenvalue weighted by Crippen LogP contribution is 2.30. The largest absolute Gasteiger partial charge is 0.347 e. The summed E-state index contributed by atoms with van der Waals surface area (Å²) in [7, 11) is 5.50. The van der Waals surface area contributed by atoms with Crippen LogP contribution in [-0.2, 0) is 31.2 Å². The lowest BCUT2D eigenvalue weighted by molar-refractivity contribution is -0.139. The number of aromatic nitrogens is 2. The number of hydrogen-bond acceptors (Lipinski definition) is 7. The quantitative estimate of drug-likeness (QED) is 0.312. The molecule has 6 rings (SSSR count). The third-order valence-electron chi connectivity index (χ3n) is 8.78. The summed E-state index contributed by atoms with van der Waals surface area (Å²) < 4.78 is 1.52. The van der Waals surface area contributed by atoms with E-state index in [1.165, 1.54) is 27.8 Å². The number of carbonyl (C=O) groups excluding carboxylic acids is 2. The van der Waals surface area contributed by atoms with E-state index in [-0.39, 0.29) is 29.2 Å². The van der Waals surface area contributed by atoms with Gasteiger partial charge in [-0.05, 0) is 80.1 Å². The van der Waals surface area contributed by atoms with E-state index in [1.807, 2.05) is 63.5 Å². The van der Waals surface area contributed by atoms with Crippen molar-refractivity contribution in [3.63, 3.8) is 0 Å². The molecule has 2 aromatic carbocycles. The highest BCUT2D eigenvalue weighted by Gasteiger charge is 2.31. The van der Waals surface area contributed by atoms with E-state index in [1.54, 1.807) is 29.5 Å². The lowest BCUT2D eigenvalue weighted by atomic mass is 9.99. The van der Waals surface area contributed by atoms with Crippen LogP contribution in [0, 0.1) is 6.92 Å². The van der Waals surface area contributed by atoms with Crippen molar-refractivity contribution < 1.29 is 9.59 Å². The molecule has 1 saturated heterocycles. The van der Waals surface area contributed by atoms with Gasteiger partial charge in [-0.2, -0.15) is 0 Å². The molecule has 1 atom stereocenters. The minimum atomic E-state index is -0.326. The highest BCUT2D eigenvalue weighted by atomic mass is 32.1. The van der Waals surface area contributed by atoms with Crippen LogP contribution in [0.25, 0.3) is 11.3 Å². The molecule has 228 valence electrons. The molecule has 1 fully saturated rings. The zero-order valence-electron chi connectivity index (χ0n) is 25.6. The Morgan fingerprint density at radius 3 is 2.57 bits per heavy atom. The van der Waals surface area contributed by atoms with Crippen LogP contribution in [-0.4, -0.2) is 58.4 Å². The number of piperazine rings is 1. The van der Waals surface area contributed by atoms with Crippen LogP contribution in [0.5, 0.6) is 0 Å². The topological polar surface area (TPSA) is 99.6 Å². The standard InChI is InChI=1S/C34H38N6O3S/c1-21-24(19-35-32(41)29-18-23-8-5-6-11-28(23)44-29)9-7-10-26(21)27-20-40(4)34(43)31(37-27)36-25-14-12-22(13-15-25)30-33(42)39(3)17-16-38(30)2/h7,9-10,12-15,18,20,30H,5-6,8,11,16-17,19H2,1-4H3,(H,35,41)(H,36,37). The molecule has 0 saturated carbocycles. The van der Waals surface area contributed by atoms with Crippen molar-refractivity contribution in [1.82, 2.24) is 24.7 Å². The Morgan fingerprint density at radius 1 is 1.02 bits per heavy atom. The number of anilines is 2. The SMILES string of the molecule is Cc1c(CNC(=O)c2cc3c(s2)CCCC3)cccc1-c1cn(C)c(=O)c(Nc2ccc(C3C(=O)N(C)CCN3C)cc2)n1. The molecule has 0 bridgehead atoms. The minimum absolute atomic E-state index is 0.0431. The summed E-state index contributed by atoms with van der Waals surface area (Å²) >= 11 is 1.62. The van der Waals surface area contributed by atoms with Gasteiger partial charge in [0.25, 0.3) is 11.5 Å². The molecule has 2 aromatic heterocycles. The third kappa shape index (κ3) is 5.92. The number of aryl methyl sites for hydroxylation is 3. The summed E-state index contributed by atoms with van der Waals surface area (Å²) in [4.78, 5) is 49.5. The summed E-state index contributed by atoms with van der Waals surface area (Å²) in [5.41, 5.74) is 6.21. The van der Waals surface area contributed by atoms with Crippen molar-refractivity contribution >= 4 is 34.7 Å². The number of fused-ring (bicyclic) bond motifs is 1. The van der Waals surface area contributed by atoms with Gasteiger partial charge in [0.2, 0.25) is 5.91 Å². The molecule has 4 aromatic rings. The Morgan fingerprint density at radius 2 is 1.80 bits per heavy atom. The van der Waals surface area contributed by atoms with Crippen molar-refractivity contribution in [2.24, 2.45) is 7.05 Å². The van der Waals surface area contributed by atoms with Crippen molar-refractivity contribution in [3.8, 4) is 11.3 Å². The number of carbonyl (C=O) groups is 2.